The first-order valence-corrected chi connectivity index (χ1v) is 8.72. The van der Waals surface area contributed by atoms with Crippen LogP contribution in [0.15, 0.2) is 12.7 Å². The summed E-state index contributed by atoms with van der Waals surface area (Å²) >= 11 is 0. The highest BCUT2D eigenvalue weighted by molar-refractivity contribution is 5.82. The summed E-state index contributed by atoms with van der Waals surface area (Å²) in [6.45, 7) is -0.129. The fourth-order valence-electron chi connectivity index (χ4n) is 3.65. The Morgan fingerprint density at radius 3 is 2.68 bits per heavy atom. The van der Waals surface area contributed by atoms with E-state index >= 15 is 0 Å². The highest BCUT2D eigenvalue weighted by Gasteiger charge is 2.36. The zero-order chi connectivity index (χ0) is 17.4. The van der Waals surface area contributed by atoms with E-state index in [4.69, 9.17) is 4.74 Å². The lowest BCUT2D eigenvalue weighted by molar-refractivity contribution is -0.0486. The van der Waals surface area contributed by atoms with Crippen LogP contribution in [-0.4, -0.2) is 65.8 Å². The number of nitrogens with zero attached hydrogens (tertiary/aromatic N) is 4. The van der Waals surface area contributed by atoms with Gasteiger partial charge in [-0.15, -0.1) is 0 Å². The number of ether oxygens (including phenoxy) is 1. The van der Waals surface area contributed by atoms with E-state index in [9.17, 15) is 15.3 Å². The van der Waals surface area contributed by atoms with Crippen LogP contribution in [0.2, 0.25) is 0 Å². The number of nitrogens with one attached hydrogen (secondary N) is 1. The summed E-state index contributed by atoms with van der Waals surface area (Å²) in [5, 5.41) is 32.5. The minimum Gasteiger partial charge on any atom is -0.394 e. The third kappa shape index (κ3) is 3.20. The Labute approximate surface area is 144 Å². The van der Waals surface area contributed by atoms with Crippen LogP contribution in [0, 0.1) is 0 Å². The average molecular weight is 349 g/mol. The molecule has 0 radical (unpaired) electrons. The molecule has 1 saturated carbocycles. The quantitative estimate of drug-likeness (QED) is 0.616. The minimum absolute atomic E-state index is 0.129. The molecule has 2 aromatic heterocycles. The molecule has 3 atom stereocenters. The van der Waals surface area contributed by atoms with Crippen molar-refractivity contribution in [2.24, 2.45) is 0 Å². The largest absolute Gasteiger partial charge is 0.394 e. The van der Waals surface area contributed by atoms with Gasteiger partial charge < -0.3 is 25.4 Å². The van der Waals surface area contributed by atoms with Crippen LogP contribution in [-0.2, 0) is 4.74 Å². The fourth-order valence-corrected chi connectivity index (χ4v) is 3.65. The Hall–Kier alpha value is -1.81. The van der Waals surface area contributed by atoms with Crippen LogP contribution < -0.4 is 5.32 Å². The van der Waals surface area contributed by atoms with Gasteiger partial charge in [0.1, 0.15) is 12.4 Å². The molecule has 136 valence electrons. The topological polar surface area (TPSA) is 126 Å². The summed E-state index contributed by atoms with van der Waals surface area (Å²) in [4.78, 5) is 13.0. The Morgan fingerprint density at radius 1 is 1.16 bits per heavy atom. The van der Waals surface area contributed by atoms with Crippen molar-refractivity contribution >= 4 is 17.0 Å². The van der Waals surface area contributed by atoms with Gasteiger partial charge in [0.25, 0.3) is 0 Å². The average Bonchev–Trinajstić information content (AvgIpc) is 3.20. The molecule has 1 saturated heterocycles. The molecule has 2 aliphatic rings. The van der Waals surface area contributed by atoms with Crippen molar-refractivity contribution in [2.45, 2.75) is 62.7 Å². The molecule has 0 bridgehead atoms. The monoisotopic (exact) mass is 349 g/mol. The van der Waals surface area contributed by atoms with E-state index in [0.29, 0.717) is 23.4 Å². The lowest BCUT2D eigenvalue weighted by Crippen LogP contribution is -2.28. The van der Waals surface area contributed by atoms with Gasteiger partial charge in [-0.1, -0.05) is 0 Å². The third-order valence-electron chi connectivity index (χ3n) is 5.04. The molecule has 4 N–H and O–H groups in total. The van der Waals surface area contributed by atoms with Gasteiger partial charge in [-0.2, -0.15) is 0 Å². The van der Waals surface area contributed by atoms with Crippen molar-refractivity contribution in [1.82, 2.24) is 19.5 Å². The molecule has 9 heteroatoms. The normalized spacial score (nSPS) is 33.0. The molecule has 2 aromatic rings. The molecule has 0 amide bonds. The number of rotatable bonds is 4. The van der Waals surface area contributed by atoms with E-state index in [1.54, 1.807) is 10.9 Å². The maximum absolute atomic E-state index is 10.2. The van der Waals surface area contributed by atoms with Gasteiger partial charge in [-0.25, -0.2) is 15.0 Å². The Bertz CT molecular complexity index is 730. The van der Waals surface area contributed by atoms with Gasteiger partial charge in [0.2, 0.25) is 0 Å². The zero-order valence-electron chi connectivity index (χ0n) is 13.8. The molecule has 1 aliphatic heterocycles. The predicted molar refractivity (Wildman–Crippen MR) is 88.8 cm³/mol. The molecule has 2 fully saturated rings. The van der Waals surface area contributed by atoms with Crippen LogP contribution in [0.1, 0.15) is 38.3 Å². The van der Waals surface area contributed by atoms with E-state index in [1.807, 2.05) is 0 Å². The number of fused-ring (bicyclic) bond motifs is 1. The molecule has 3 unspecified atom stereocenters. The second-order valence-electron chi connectivity index (χ2n) is 6.83. The van der Waals surface area contributed by atoms with E-state index in [-0.39, 0.29) is 24.9 Å². The molecular weight excluding hydrogens is 326 g/mol. The molecule has 9 nitrogen and oxygen atoms in total. The summed E-state index contributed by atoms with van der Waals surface area (Å²) < 4.78 is 7.38. The van der Waals surface area contributed by atoms with Gasteiger partial charge >= 0.3 is 0 Å². The zero-order valence-corrected chi connectivity index (χ0v) is 13.8. The molecule has 0 spiro atoms. The fraction of sp³-hybridized carbons (Fsp3) is 0.688. The first kappa shape index (κ1) is 16.6. The standard InChI is InChI=1S/C16H23N5O4/c22-6-11-5-12(24)16(25-11)21-8-19-13-14(17-7-18-15(13)21)20-9-1-3-10(23)4-2-9/h7-12,16,22-24H,1-6H2,(H,17,18,20). The summed E-state index contributed by atoms with van der Waals surface area (Å²) in [6, 6.07) is 0.249. The number of imidazole rings is 1. The maximum atomic E-state index is 10.2. The molecule has 25 heavy (non-hydrogen) atoms. The molecule has 0 aromatic carbocycles. The second kappa shape index (κ2) is 6.83. The summed E-state index contributed by atoms with van der Waals surface area (Å²) in [5.41, 5.74) is 1.20. The van der Waals surface area contributed by atoms with Crippen LogP contribution in [0.3, 0.4) is 0 Å². The smallest absolute Gasteiger partial charge is 0.167 e. The van der Waals surface area contributed by atoms with Crippen LogP contribution >= 0.6 is 0 Å². The lowest BCUT2D eigenvalue weighted by Gasteiger charge is -2.26. The van der Waals surface area contributed by atoms with E-state index in [2.05, 4.69) is 20.3 Å². The minimum atomic E-state index is -0.722. The second-order valence-corrected chi connectivity index (χ2v) is 6.83. The van der Waals surface area contributed by atoms with Crippen molar-refractivity contribution in [3.8, 4) is 0 Å². The summed E-state index contributed by atoms with van der Waals surface area (Å²) in [5.74, 6) is 0.649. The van der Waals surface area contributed by atoms with Crippen LogP contribution in [0.5, 0.6) is 0 Å². The first-order valence-electron chi connectivity index (χ1n) is 8.72. The van der Waals surface area contributed by atoms with Gasteiger partial charge in [0.15, 0.2) is 23.2 Å². The predicted octanol–water partition coefficient (Wildman–Crippen LogP) is 0.182. The SMILES string of the molecule is OCC1CC(O)C(n2cnc3c(NC4CCC(O)CC4)ncnc32)O1. The number of aromatic nitrogens is 4. The third-order valence-corrected chi connectivity index (χ3v) is 5.04. The van der Waals surface area contributed by atoms with Gasteiger partial charge in [0, 0.05) is 12.5 Å². The van der Waals surface area contributed by atoms with E-state index < -0.39 is 12.3 Å². The van der Waals surface area contributed by atoms with Crippen molar-refractivity contribution in [2.75, 3.05) is 11.9 Å². The highest BCUT2D eigenvalue weighted by Crippen LogP contribution is 2.32. The van der Waals surface area contributed by atoms with Crippen molar-refractivity contribution in [1.29, 1.82) is 0 Å². The highest BCUT2D eigenvalue weighted by atomic mass is 16.5. The van der Waals surface area contributed by atoms with Crippen molar-refractivity contribution < 1.29 is 20.1 Å². The molecular formula is C16H23N5O4. The Morgan fingerprint density at radius 2 is 1.96 bits per heavy atom. The summed E-state index contributed by atoms with van der Waals surface area (Å²) in [6.07, 6.45) is 4.83. The number of hydrogen-bond acceptors (Lipinski definition) is 8. The lowest BCUT2D eigenvalue weighted by atomic mass is 9.93. The van der Waals surface area contributed by atoms with E-state index in [0.717, 1.165) is 25.7 Å². The molecule has 1 aliphatic carbocycles. The number of hydrogen-bond donors (Lipinski definition) is 4. The van der Waals surface area contributed by atoms with Gasteiger partial charge in [-0.05, 0) is 25.7 Å². The summed E-state index contributed by atoms with van der Waals surface area (Å²) in [7, 11) is 0. The number of anilines is 1. The van der Waals surface area contributed by atoms with Crippen molar-refractivity contribution in [3.63, 3.8) is 0 Å². The number of aliphatic hydroxyl groups is 3. The Kier molecular flexibility index (Phi) is 4.55. The molecule has 3 heterocycles. The van der Waals surface area contributed by atoms with Crippen molar-refractivity contribution in [3.05, 3.63) is 12.7 Å². The Balaban J connectivity index is 1.58. The number of aliphatic hydroxyl groups excluding tert-OH is 3. The van der Waals surface area contributed by atoms with Crippen LogP contribution in [0.4, 0.5) is 5.82 Å². The van der Waals surface area contributed by atoms with Crippen LogP contribution in [0.25, 0.3) is 11.2 Å². The van der Waals surface area contributed by atoms with Gasteiger partial charge in [-0.3, -0.25) is 4.57 Å². The first-order chi connectivity index (χ1) is 12.2. The molecule has 4 rings (SSSR count). The van der Waals surface area contributed by atoms with E-state index in [1.165, 1.54) is 6.33 Å². The van der Waals surface area contributed by atoms with Gasteiger partial charge in [0.05, 0.1) is 25.1 Å². The maximum Gasteiger partial charge on any atom is 0.167 e.